The first-order valence-electron chi connectivity index (χ1n) is 3.10. The maximum Gasteiger partial charge on any atom is 0.136 e. The Morgan fingerprint density at radius 2 is 2.70 bits per heavy atom. The van der Waals surface area contributed by atoms with Crippen molar-refractivity contribution in [1.29, 1.82) is 0 Å². The van der Waals surface area contributed by atoms with Crippen LogP contribution >= 0.6 is 0 Å². The molecular weight excluding hydrogens is 130 g/mol. The van der Waals surface area contributed by atoms with E-state index in [0.717, 1.165) is 5.82 Å². The first-order valence-corrected chi connectivity index (χ1v) is 3.10. The summed E-state index contributed by atoms with van der Waals surface area (Å²) in [5.41, 5.74) is 5.39. The number of aromatic amines is 1. The highest BCUT2D eigenvalue weighted by atomic mass is 16.5. The molecule has 0 aliphatic carbocycles. The van der Waals surface area contributed by atoms with Crippen molar-refractivity contribution in [3.8, 4) is 0 Å². The Kier molecular flexibility index (Phi) is 2.42. The molecule has 1 rings (SSSR count). The first kappa shape index (κ1) is 7.24. The second kappa shape index (κ2) is 3.34. The van der Waals surface area contributed by atoms with E-state index in [1.54, 1.807) is 19.5 Å². The lowest BCUT2D eigenvalue weighted by Gasteiger charge is -2.08. The molecule has 0 spiro atoms. The lowest BCUT2D eigenvalue weighted by atomic mass is 10.3. The van der Waals surface area contributed by atoms with E-state index in [9.17, 15) is 0 Å². The maximum atomic E-state index is 5.39. The van der Waals surface area contributed by atoms with Gasteiger partial charge in [0.05, 0.1) is 0 Å². The Bertz CT molecular complexity index is 169. The van der Waals surface area contributed by atoms with Crippen molar-refractivity contribution >= 4 is 0 Å². The van der Waals surface area contributed by atoms with E-state index in [1.807, 2.05) is 0 Å². The van der Waals surface area contributed by atoms with Crippen LogP contribution < -0.4 is 5.73 Å². The van der Waals surface area contributed by atoms with Crippen LogP contribution in [-0.4, -0.2) is 23.6 Å². The number of ether oxygens (including phenoxy) is 1. The lowest BCUT2D eigenvalue weighted by Crippen LogP contribution is -2.15. The molecule has 0 bridgehead atoms. The third kappa shape index (κ3) is 1.34. The number of imidazole rings is 1. The Balaban J connectivity index is 2.64. The van der Waals surface area contributed by atoms with Crippen LogP contribution in [0.1, 0.15) is 11.9 Å². The minimum Gasteiger partial charge on any atom is -0.372 e. The SMILES string of the molecule is COC(CN)c1ncc[nH]1. The number of aromatic nitrogens is 2. The van der Waals surface area contributed by atoms with Crippen molar-refractivity contribution in [2.24, 2.45) is 5.73 Å². The number of methoxy groups -OCH3 is 1. The Labute approximate surface area is 59.4 Å². The zero-order chi connectivity index (χ0) is 7.40. The van der Waals surface area contributed by atoms with Gasteiger partial charge in [0.25, 0.3) is 0 Å². The summed E-state index contributed by atoms with van der Waals surface area (Å²) in [6.45, 7) is 0.448. The van der Waals surface area contributed by atoms with Gasteiger partial charge in [0.2, 0.25) is 0 Å². The molecule has 3 N–H and O–H groups in total. The highest BCUT2D eigenvalue weighted by Gasteiger charge is 2.08. The Morgan fingerprint density at radius 1 is 1.90 bits per heavy atom. The quantitative estimate of drug-likeness (QED) is 0.625. The Hall–Kier alpha value is -0.870. The van der Waals surface area contributed by atoms with Gasteiger partial charge in [0.15, 0.2) is 0 Å². The van der Waals surface area contributed by atoms with Gasteiger partial charge in [-0.1, -0.05) is 0 Å². The molecule has 10 heavy (non-hydrogen) atoms. The highest BCUT2D eigenvalue weighted by Crippen LogP contribution is 2.07. The van der Waals surface area contributed by atoms with Crippen LogP contribution in [0, 0.1) is 0 Å². The van der Waals surface area contributed by atoms with Crippen molar-refractivity contribution in [2.75, 3.05) is 13.7 Å². The fourth-order valence-electron chi connectivity index (χ4n) is 0.773. The number of H-pyrrole nitrogens is 1. The summed E-state index contributed by atoms with van der Waals surface area (Å²) in [5.74, 6) is 0.782. The van der Waals surface area contributed by atoms with Gasteiger partial charge in [-0.3, -0.25) is 0 Å². The second-order valence-electron chi connectivity index (χ2n) is 1.93. The molecule has 1 heterocycles. The van der Waals surface area contributed by atoms with Crippen molar-refractivity contribution in [1.82, 2.24) is 9.97 Å². The molecule has 0 aliphatic rings. The van der Waals surface area contributed by atoms with Gasteiger partial charge >= 0.3 is 0 Å². The topological polar surface area (TPSA) is 63.9 Å². The molecular formula is C6H11N3O. The van der Waals surface area contributed by atoms with E-state index in [1.165, 1.54) is 0 Å². The van der Waals surface area contributed by atoms with Crippen LogP contribution in [0.4, 0.5) is 0 Å². The first-order chi connectivity index (χ1) is 4.88. The summed E-state index contributed by atoms with van der Waals surface area (Å²) in [5, 5.41) is 0. The van der Waals surface area contributed by atoms with Crippen molar-refractivity contribution in [3.63, 3.8) is 0 Å². The van der Waals surface area contributed by atoms with Gasteiger partial charge < -0.3 is 15.5 Å². The highest BCUT2D eigenvalue weighted by molar-refractivity contribution is 4.92. The smallest absolute Gasteiger partial charge is 0.136 e. The van der Waals surface area contributed by atoms with Gasteiger partial charge in [-0.05, 0) is 0 Å². The molecule has 56 valence electrons. The minimum atomic E-state index is -0.102. The third-order valence-corrected chi connectivity index (χ3v) is 1.32. The average molecular weight is 141 g/mol. The number of nitrogens with two attached hydrogens (primary N) is 1. The molecule has 1 aromatic rings. The molecule has 1 aromatic heterocycles. The summed E-state index contributed by atoms with van der Waals surface area (Å²) in [6.07, 6.45) is 3.32. The van der Waals surface area contributed by atoms with E-state index < -0.39 is 0 Å². The summed E-state index contributed by atoms with van der Waals surface area (Å²) in [7, 11) is 1.61. The predicted octanol–water partition coefficient (Wildman–Crippen LogP) is 0.0559. The molecule has 4 nitrogen and oxygen atoms in total. The van der Waals surface area contributed by atoms with Gasteiger partial charge in [-0.15, -0.1) is 0 Å². The monoisotopic (exact) mass is 141 g/mol. The van der Waals surface area contributed by atoms with E-state index in [-0.39, 0.29) is 6.10 Å². The number of nitrogens with one attached hydrogen (secondary N) is 1. The van der Waals surface area contributed by atoms with E-state index in [2.05, 4.69) is 9.97 Å². The van der Waals surface area contributed by atoms with E-state index in [4.69, 9.17) is 10.5 Å². The van der Waals surface area contributed by atoms with Crippen LogP contribution in [-0.2, 0) is 4.74 Å². The predicted molar refractivity (Wildman–Crippen MR) is 37.4 cm³/mol. The van der Waals surface area contributed by atoms with E-state index in [0.29, 0.717) is 6.54 Å². The van der Waals surface area contributed by atoms with Crippen LogP contribution in [0.3, 0.4) is 0 Å². The third-order valence-electron chi connectivity index (χ3n) is 1.32. The summed E-state index contributed by atoms with van der Waals surface area (Å²) >= 11 is 0. The van der Waals surface area contributed by atoms with Gasteiger partial charge in [-0.25, -0.2) is 4.98 Å². The van der Waals surface area contributed by atoms with Crippen molar-refractivity contribution in [3.05, 3.63) is 18.2 Å². The average Bonchev–Trinajstić information content (AvgIpc) is 2.43. The number of hydrogen-bond acceptors (Lipinski definition) is 3. The van der Waals surface area contributed by atoms with Crippen LogP contribution in [0.2, 0.25) is 0 Å². The molecule has 0 saturated heterocycles. The van der Waals surface area contributed by atoms with Crippen molar-refractivity contribution in [2.45, 2.75) is 6.10 Å². The summed E-state index contributed by atoms with van der Waals surface area (Å²) < 4.78 is 5.03. The molecule has 0 aliphatic heterocycles. The molecule has 4 heteroatoms. The second-order valence-corrected chi connectivity index (χ2v) is 1.93. The normalized spacial score (nSPS) is 13.4. The van der Waals surface area contributed by atoms with Crippen molar-refractivity contribution < 1.29 is 4.74 Å². The van der Waals surface area contributed by atoms with Crippen LogP contribution in [0.15, 0.2) is 12.4 Å². The largest absolute Gasteiger partial charge is 0.372 e. The summed E-state index contributed by atoms with van der Waals surface area (Å²) in [6, 6.07) is 0. The molecule has 1 atom stereocenters. The standard InChI is InChI=1S/C6H11N3O/c1-10-5(4-7)6-8-2-3-9-6/h2-3,5H,4,7H2,1H3,(H,8,9). The van der Waals surface area contributed by atoms with Gasteiger partial charge in [0.1, 0.15) is 11.9 Å². The lowest BCUT2D eigenvalue weighted by molar-refractivity contribution is 0.104. The van der Waals surface area contributed by atoms with Gasteiger partial charge in [-0.2, -0.15) is 0 Å². The van der Waals surface area contributed by atoms with Crippen LogP contribution in [0.25, 0.3) is 0 Å². The summed E-state index contributed by atoms with van der Waals surface area (Å²) in [4.78, 5) is 6.92. The Morgan fingerprint density at radius 3 is 3.10 bits per heavy atom. The number of rotatable bonds is 3. The maximum absolute atomic E-state index is 5.39. The minimum absolute atomic E-state index is 0.102. The van der Waals surface area contributed by atoms with Gasteiger partial charge in [0, 0.05) is 26.0 Å². The molecule has 0 fully saturated rings. The molecule has 0 aromatic carbocycles. The molecule has 0 radical (unpaired) electrons. The number of hydrogen-bond donors (Lipinski definition) is 2. The fraction of sp³-hybridized carbons (Fsp3) is 0.500. The molecule has 0 amide bonds. The zero-order valence-electron chi connectivity index (χ0n) is 5.87. The zero-order valence-corrected chi connectivity index (χ0v) is 5.87. The van der Waals surface area contributed by atoms with Crippen LogP contribution in [0.5, 0.6) is 0 Å². The molecule has 1 unspecified atom stereocenters. The fourth-order valence-corrected chi connectivity index (χ4v) is 0.773. The number of nitrogens with zero attached hydrogens (tertiary/aromatic N) is 1. The molecule has 0 saturated carbocycles. The van der Waals surface area contributed by atoms with E-state index >= 15 is 0 Å².